The van der Waals surface area contributed by atoms with Crippen molar-refractivity contribution in [1.82, 2.24) is 14.6 Å². The topological polar surface area (TPSA) is 117 Å². The molecule has 2 heterocycles. The average molecular weight is 636 g/mol. The summed E-state index contributed by atoms with van der Waals surface area (Å²) in [6, 6.07) is 2.94. The molecule has 2 aromatic rings. The number of nitrogens with zero attached hydrogens (tertiary/aromatic N) is 2. The van der Waals surface area contributed by atoms with Crippen LogP contribution in [0.25, 0.3) is 0 Å². The molecule has 1 saturated heterocycles. The maximum Gasteiger partial charge on any atom is 0.242 e. The third-order valence-corrected chi connectivity index (χ3v) is 10.4. The van der Waals surface area contributed by atoms with Crippen LogP contribution in [0.15, 0.2) is 72.6 Å². The molecule has 1 aromatic heterocycles. The van der Waals surface area contributed by atoms with Gasteiger partial charge in [-0.2, -0.15) is 4.31 Å². The van der Waals surface area contributed by atoms with E-state index in [1.54, 1.807) is 4.31 Å². The van der Waals surface area contributed by atoms with Gasteiger partial charge in [0.05, 0.1) is 35.2 Å². The van der Waals surface area contributed by atoms with Gasteiger partial charge in [-0.05, 0) is 68.9 Å². The van der Waals surface area contributed by atoms with Crippen molar-refractivity contribution < 1.29 is 30.8 Å². The summed E-state index contributed by atoms with van der Waals surface area (Å²) >= 11 is 0. The van der Waals surface area contributed by atoms with E-state index in [1.165, 1.54) is 18.3 Å². The SMILES string of the molecule is C=C(/C=C(F)\C=C(/C)F)[C@H](c1ccc(F)cc1)[C@H](N)C(=O)Nc1cncc(F)c1CC[C@H]1CNC[C@H](C)N1S(=O)(=O)C1CC1. The van der Waals surface area contributed by atoms with Crippen LogP contribution in [0.2, 0.25) is 0 Å². The summed E-state index contributed by atoms with van der Waals surface area (Å²) in [6.45, 7) is 7.63. The van der Waals surface area contributed by atoms with Crippen molar-refractivity contribution in [2.24, 2.45) is 5.73 Å². The van der Waals surface area contributed by atoms with E-state index < -0.39 is 57.2 Å². The first-order valence-electron chi connectivity index (χ1n) is 14.4. The van der Waals surface area contributed by atoms with E-state index in [4.69, 9.17) is 5.73 Å². The zero-order valence-electron chi connectivity index (χ0n) is 24.6. The Morgan fingerprint density at radius 2 is 1.86 bits per heavy atom. The first kappa shape index (κ1) is 33.5. The number of hydrogen-bond donors (Lipinski definition) is 3. The van der Waals surface area contributed by atoms with Crippen molar-refractivity contribution >= 4 is 21.6 Å². The molecule has 0 unspecified atom stereocenters. The standard InChI is InChI=1S/C31H37F4N5O3S/c1-18(12-23(34)13-19(2)32)29(21-4-6-22(33)7-5-21)30(36)31(41)39-28-17-38-16-27(35)26(28)11-8-24-15-37-14-20(3)40(24)44(42,43)25-9-10-25/h4-7,12-13,16-17,20,24-25,29-30,37H,1,8-11,14-15,36H2,2-3H3,(H,39,41)/b19-13+,23-12+/t20-,24-,29+,30-/m0/s1. The van der Waals surface area contributed by atoms with Gasteiger partial charge < -0.3 is 16.4 Å². The molecule has 0 spiro atoms. The summed E-state index contributed by atoms with van der Waals surface area (Å²) in [7, 11) is -3.49. The number of benzene rings is 1. The Bertz CT molecular complexity index is 1540. The molecule has 2 fully saturated rings. The van der Waals surface area contributed by atoms with Gasteiger partial charge in [0, 0.05) is 42.7 Å². The van der Waals surface area contributed by atoms with Crippen molar-refractivity contribution in [1.29, 1.82) is 0 Å². The molecule has 1 aromatic carbocycles. The van der Waals surface area contributed by atoms with E-state index in [0.29, 0.717) is 37.6 Å². The van der Waals surface area contributed by atoms with E-state index in [2.05, 4.69) is 22.2 Å². The fraction of sp³-hybridized carbons (Fsp3) is 0.419. The third kappa shape index (κ3) is 8.00. The molecule has 0 bridgehead atoms. The van der Waals surface area contributed by atoms with Crippen LogP contribution in [0.5, 0.6) is 0 Å². The molecule has 1 saturated carbocycles. The number of amides is 1. The van der Waals surface area contributed by atoms with Crippen LogP contribution in [0.1, 0.15) is 50.2 Å². The van der Waals surface area contributed by atoms with Crippen molar-refractivity contribution in [2.45, 2.75) is 68.8 Å². The minimum Gasteiger partial charge on any atom is -0.323 e. The van der Waals surface area contributed by atoms with Gasteiger partial charge in [0.1, 0.15) is 17.5 Å². The zero-order chi connectivity index (χ0) is 32.2. The lowest BCUT2D eigenvalue weighted by Crippen LogP contribution is -2.59. The number of aromatic nitrogens is 1. The van der Waals surface area contributed by atoms with E-state index in [1.807, 2.05) is 6.92 Å². The van der Waals surface area contributed by atoms with Crippen LogP contribution in [0.4, 0.5) is 23.2 Å². The second kappa shape index (κ2) is 14.1. The summed E-state index contributed by atoms with van der Waals surface area (Å²) in [4.78, 5) is 17.3. The quantitative estimate of drug-likeness (QED) is 0.228. The summed E-state index contributed by atoms with van der Waals surface area (Å²) in [5.74, 6) is -4.83. The third-order valence-electron chi connectivity index (χ3n) is 7.79. The van der Waals surface area contributed by atoms with Crippen LogP contribution in [0, 0.1) is 11.6 Å². The molecule has 1 aliphatic carbocycles. The van der Waals surface area contributed by atoms with Crippen molar-refractivity contribution in [2.75, 3.05) is 18.4 Å². The molecule has 44 heavy (non-hydrogen) atoms. The maximum absolute atomic E-state index is 15.1. The molecule has 4 atom stereocenters. The van der Waals surface area contributed by atoms with Crippen LogP contribution in [-0.2, 0) is 21.2 Å². The predicted octanol–water partition coefficient (Wildman–Crippen LogP) is 4.78. The monoisotopic (exact) mass is 635 g/mol. The highest BCUT2D eigenvalue weighted by Crippen LogP contribution is 2.35. The fourth-order valence-electron chi connectivity index (χ4n) is 5.55. The van der Waals surface area contributed by atoms with Gasteiger partial charge in [0.15, 0.2) is 0 Å². The lowest BCUT2D eigenvalue weighted by atomic mass is 9.85. The zero-order valence-corrected chi connectivity index (χ0v) is 25.4. The van der Waals surface area contributed by atoms with Crippen LogP contribution in [-0.4, -0.2) is 60.1 Å². The Morgan fingerprint density at radius 3 is 2.50 bits per heavy atom. The Kier molecular flexibility index (Phi) is 10.8. The Balaban J connectivity index is 1.56. The lowest BCUT2D eigenvalue weighted by molar-refractivity contribution is -0.117. The van der Waals surface area contributed by atoms with E-state index in [-0.39, 0.29) is 41.0 Å². The summed E-state index contributed by atoms with van der Waals surface area (Å²) in [5.41, 5.74) is 6.87. The number of carbonyl (C=O) groups is 1. The van der Waals surface area contributed by atoms with Crippen molar-refractivity contribution in [3.05, 3.63) is 95.4 Å². The number of carbonyl (C=O) groups excluding carboxylic acids is 1. The molecule has 4 N–H and O–H groups in total. The summed E-state index contributed by atoms with van der Waals surface area (Å²) in [6.07, 6.45) is 5.46. The Hall–Kier alpha value is -3.39. The van der Waals surface area contributed by atoms with Crippen LogP contribution in [0.3, 0.4) is 0 Å². The second-order valence-electron chi connectivity index (χ2n) is 11.3. The van der Waals surface area contributed by atoms with Gasteiger partial charge in [-0.1, -0.05) is 18.7 Å². The molecule has 13 heteroatoms. The molecular weight excluding hydrogens is 598 g/mol. The normalized spacial score (nSPS) is 21.5. The number of nitrogens with two attached hydrogens (primary N) is 1. The van der Waals surface area contributed by atoms with E-state index in [9.17, 15) is 26.4 Å². The highest BCUT2D eigenvalue weighted by molar-refractivity contribution is 7.90. The molecular formula is C31H37F4N5O3S. The number of piperazine rings is 1. The highest BCUT2D eigenvalue weighted by atomic mass is 32.2. The minimum absolute atomic E-state index is 0.0164. The number of allylic oxidation sites excluding steroid dienone is 4. The van der Waals surface area contributed by atoms with Crippen molar-refractivity contribution in [3.63, 3.8) is 0 Å². The van der Waals surface area contributed by atoms with E-state index in [0.717, 1.165) is 31.3 Å². The van der Waals surface area contributed by atoms with Crippen LogP contribution < -0.4 is 16.4 Å². The first-order valence-corrected chi connectivity index (χ1v) is 15.9. The average Bonchev–Trinajstić information content (AvgIpc) is 3.80. The van der Waals surface area contributed by atoms with Gasteiger partial charge in [-0.25, -0.2) is 26.0 Å². The molecule has 1 amide bonds. The minimum atomic E-state index is -3.49. The Labute approximate surface area is 255 Å². The molecule has 4 rings (SSSR count). The second-order valence-corrected chi connectivity index (χ2v) is 13.4. The molecule has 8 nitrogen and oxygen atoms in total. The number of halogens is 4. The number of anilines is 1. The highest BCUT2D eigenvalue weighted by Gasteiger charge is 2.45. The largest absolute Gasteiger partial charge is 0.323 e. The van der Waals surface area contributed by atoms with Crippen molar-refractivity contribution in [3.8, 4) is 0 Å². The first-order chi connectivity index (χ1) is 20.8. The predicted molar refractivity (Wildman–Crippen MR) is 161 cm³/mol. The van der Waals surface area contributed by atoms with E-state index >= 15 is 4.39 Å². The van der Waals surface area contributed by atoms with Gasteiger partial charge in [0.2, 0.25) is 15.9 Å². The lowest BCUT2D eigenvalue weighted by Gasteiger charge is -2.40. The fourth-order valence-corrected chi connectivity index (χ4v) is 7.79. The number of sulfonamides is 1. The van der Waals surface area contributed by atoms with Gasteiger partial charge in [-0.15, -0.1) is 0 Å². The number of nitrogens with one attached hydrogen (secondary N) is 2. The molecule has 2 aliphatic rings. The number of rotatable bonds is 12. The number of hydrogen-bond acceptors (Lipinski definition) is 6. The Morgan fingerprint density at radius 1 is 1.18 bits per heavy atom. The van der Waals surface area contributed by atoms with Crippen LogP contribution >= 0.6 is 0 Å². The summed E-state index contributed by atoms with van der Waals surface area (Å²) in [5, 5.41) is 5.46. The molecule has 1 aliphatic heterocycles. The maximum atomic E-state index is 15.1. The van der Waals surface area contributed by atoms with Gasteiger partial charge in [-0.3, -0.25) is 9.78 Å². The summed E-state index contributed by atoms with van der Waals surface area (Å²) < 4.78 is 84.2. The number of pyridine rings is 1. The molecule has 0 radical (unpaired) electrons. The smallest absolute Gasteiger partial charge is 0.242 e. The van der Waals surface area contributed by atoms with Gasteiger partial charge >= 0.3 is 0 Å². The molecule has 238 valence electrons. The van der Waals surface area contributed by atoms with Gasteiger partial charge in [0.25, 0.3) is 0 Å².